The van der Waals surface area contributed by atoms with Crippen LogP contribution in [0.3, 0.4) is 0 Å². The molecule has 2 aliphatic rings. The number of hydrogen-bond donors (Lipinski definition) is 2. The third kappa shape index (κ3) is 42.0. The summed E-state index contributed by atoms with van der Waals surface area (Å²) in [6.45, 7) is 26.1. The molecule has 1 radical (unpaired) electrons. The summed E-state index contributed by atoms with van der Waals surface area (Å²) in [5.41, 5.74) is 0. The molecule has 2 aliphatic heterocycles. The summed E-state index contributed by atoms with van der Waals surface area (Å²) in [4.78, 5) is 3.68. The fourth-order valence-electron chi connectivity index (χ4n) is 5.68. The van der Waals surface area contributed by atoms with E-state index in [0.29, 0.717) is 0 Å². The molecule has 0 spiro atoms. The monoisotopic (exact) mass is 892 g/mol. The molecule has 2 fully saturated rings. The number of unbranched alkanes of at least 4 members (excludes halogenated alkanes) is 6. The molecule has 0 aliphatic carbocycles. The summed E-state index contributed by atoms with van der Waals surface area (Å²) in [6.07, 6.45) is 21.6. The molecule has 347 valence electrons. The predicted octanol–water partition coefficient (Wildman–Crippen LogP) is 5.64. The summed E-state index contributed by atoms with van der Waals surface area (Å²) in [6, 6.07) is 16.8. The van der Waals surface area contributed by atoms with Crippen LogP contribution in [0.25, 0.3) is 0 Å². The van der Waals surface area contributed by atoms with Crippen LogP contribution in [0.15, 0.2) is 72.8 Å². The first-order valence-corrected chi connectivity index (χ1v) is 23.2. The van der Waals surface area contributed by atoms with E-state index in [1.54, 1.807) is 36.4 Å². The second kappa shape index (κ2) is 47.9. The predicted molar refractivity (Wildman–Crippen MR) is 237 cm³/mol. The average molecular weight is 892 g/mol. The van der Waals surface area contributed by atoms with Crippen LogP contribution in [0.2, 0.25) is 0 Å². The van der Waals surface area contributed by atoms with Gasteiger partial charge in [0.15, 0.2) is 0 Å². The van der Waals surface area contributed by atoms with Gasteiger partial charge in [-0.3, -0.25) is 0 Å². The normalized spacial score (nSPS) is 12.2. The molecule has 0 unspecified atom stereocenters. The van der Waals surface area contributed by atoms with Crippen molar-refractivity contribution in [3.63, 3.8) is 0 Å². The van der Waals surface area contributed by atoms with Crippen molar-refractivity contribution in [3.05, 3.63) is 72.8 Å². The van der Waals surface area contributed by atoms with Gasteiger partial charge >= 0.3 is 18.6 Å². The Morgan fingerprint density at radius 1 is 0.344 bits per heavy atom. The zero-order chi connectivity index (χ0) is 44.9. The number of benzene rings is 3. The zero-order valence-electron chi connectivity index (χ0n) is 39.0. The summed E-state index contributed by atoms with van der Waals surface area (Å²) in [7, 11) is 0. The summed E-state index contributed by atoms with van der Waals surface area (Å²) in [5.74, 6) is -2.62. The minimum absolute atomic E-state index is 0. The molecule has 11 heteroatoms. The SMILES string of the molecule is C1CCOC1.C1CCOC1.CCCC[NH+](CCCC)CCCC.CCCC[NH+](CCCC)CCCC.[O-]c1ccccc1[O-].[O-]c1ccccc1[O-].[O-]c1ccccc1[O-].[V+4]. The van der Waals surface area contributed by atoms with E-state index in [0.717, 1.165) is 26.4 Å². The van der Waals surface area contributed by atoms with Crippen molar-refractivity contribution in [2.45, 2.75) is 144 Å². The van der Waals surface area contributed by atoms with Crippen molar-refractivity contribution in [1.82, 2.24) is 0 Å². The maximum atomic E-state index is 10.3. The van der Waals surface area contributed by atoms with Crippen LogP contribution in [-0.2, 0) is 28.0 Å². The van der Waals surface area contributed by atoms with Crippen LogP contribution < -0.4 is 40.4 Å². The Morgan fingerprint density at radius 2 is 0.508 bits per heavy atom. The molecule has 10 nitrogen and oxygen atoms in total. The van der Waals surface area contributed by atoms with E-state index in [1.165, 1.54) is 178 Å². The van der Waals surface area contributed by atoms with Crippen molar-refractivity contribution in [2.75, 3.05) is 65.7 Å². The molecule has 0 bridgehead atoms. The quantitative estimate of drug-likeness (QED) is 0.166. The molecule has 0 amide bonds. The molecule has 2 N–H and O–H groups in total. The van der Waals surface area contributed by atoms with E-state index in [1.807, 2.05) is 9.80 Å². The van der Waals surface area contributed by atoms with E-state index >= 15 is 0 Å². The molecule has 0 saturated carbocycles. The zero-order valence-corrected chi connectivity index (χ0v) is 40.4. The van der Waals surface area contributed by atoms with Crippen LogP contribution in [0.1, 0.15) is 144 Å². The molecule has 3 aromatic rings. The third-order valence-corrected chi connectivity index (χ3v) is 9.51. The number of para-hydroxylation sites is 6. The van der Waals surface area contributed by atoms with Crippen LogP contribution >= 0.6 is 0 Å². The average Bonchev–Trinajstić information content (AvgIpc) is 4.06. The number of quaternary nitrogens is 2. The van der Waals surface area contributed by atoms with Crippen molar-refractivity contribution in [3.8, 4) is 34.5 Å². The van der Waals surface area contributed by atoms with Crippen LogP contribution in [0, 0.1) is 0 Å². The number of ether oxygens (including phenoxy) is 2. The van der Waals surface area contributed by atoms with Gasteiger partial charge in [0.05, 0.1) is 39.3 Å². The standard InChI is InChI=1S/2C12H27N.3C6H6O2.2C4H8O.V/c2*1-4-7-10-13(11-8-5-2)12-9-6-3;3*7-5-3-1-2-4-6(5)8;2*1-2-4-5-3-1;/h2*4-12H2,1-3H3;3*1-4,7-8H;2*1-4H2;/q;;;;;;;+4/p-4. The van der Waals surface area contributed by atoms with E-state index in [4.69, 9.17) is 9.47 Å². The number of rotatable bonds is 18. The molecule has 3 aromatic carbocycles. The Bertz CT molecular complexity index is 1060. The number of nitrogens with one attached hydrogen (secondary N) is 2. The maximum Gasteiger partial charge on any atom is 4.00 e. The Balaban J connectivity index is -0.000000656. The topological polar surface area (TPSA) is 166 Å². The van der Waals surface area contributed by atoms with Crippen LogP contribution in [0.4, 0.5) is 0 Å². The van der Waals surface area contributed by atoms with Gasteiger partial charge in [0.2, 0.25) is 0 Å². The van der Waals surface area contributed by atoms with Crippen molar-refractivity contribution >= 4 is 0 Å². The Kier molecular flexibility index (Phi) is 48.9. The maximum absolute atomic E-state index is 10.3. The third-order valence-electron chi connectivity index (χ3n) is 9.51. The Morgan fingerprint density at radius 3 is 0.607 bits per heavy atom. The van der Waals surface area contributed by atoms with Gasteiger partial charge in [0, 0.05) is 26.4 Å². The minimum atomic E-state index is -0.437. The van der Waals surface area contributed by atoms with E-state index < -0.39 is 34.5 Å². The van der Waals surface area contributed by atoms with E-state index in [2.05, 4.69) is 41.5 Å². The minimum Gasteiger partial charge on any atom is -0.873 e. The summed E-state index contributed by atoms with van der Waals surface area (Å²) < 4.78 is 9.89. The molecule has 61 heavy (non-hydrogen) atoms. The Hall–Kier alpha value is -3.12. The van der Waals surface area contributed by atoms with Crippen LogP contribution in [0.5, 0.6) is 34.5 Å². The molecule has 2 saturated heterocycles. The second-order valence-corrected chi connectivity index (χ2v) is 15.1. The molecule has 0 atom stereocenters. The smallest absolute Gasteiger partial charge is 0.873 e. The fourth-order valence-corrected chi connectivity index (χ4v) is 5.68. The molecular weight excluding hydrogens is 808 g/mol. The summed E-state index contributed by atoms with van der Waals surface area (Å²) >= 11 is 0. The van der Waals surface area contributed by atoms with Crippen molar-refractivity contribution < 1.29 is 68.5 Å². The first-order valence-electron chi connectivity index (χ1n) is 23.2. The van der Waals surface area contributed by atoms with Gasteiger partial charge < -0.3 is 49.9 Å². The second-order valence-electron chi connectivity index (χ2n) is 15.1. The van der Waals surface area contributed by atoms with E-state index in [-0.39, 0.29) is 18.6 Å². The van der Waals surface area contributed by atoms with Gasteiger partial charge in [-0.2, -0.15) is 0 Å². The Labute approximate surface area is 384 Å². The number of hydrogen-bond acceptors (Lipinski definition) is 8. The van der Waals surface area contributed by atoms with Gasteiger partial charge in [-0.25, -0.2) is 0 Å². The van der Waals surface area contributed by atoms with Gasteiger partial charge in [-0.15, -0.1) is 34.5 Å². The molecule has 0 aromatic heterocycles. The first-order chi connectivity index (χ1) is 29.1. The molecular formula is C50H84N2O8V. The van der Waals surface area contributed by atoms with Crippen molar-refractivity contribution in [1.29, 1.82) is 0 Å². The first kappa shape index (κ1) is 62.2. The van der Waals surface area contributed by atoms with Gasteiger partial charge in [-0.05, 0) is 64.2 Å². The van der Waals surface area contributed by atoms with Crippen molar-refractivity contribution in [2.24, 2.45) is 0 Å². The summed E-state index contributed by atoms with van der Waals surface area (Å²) in [5, 5.41) is 61.8. The van der Waals surface area contributed by atoms with Gasteiger partial charge in [-0.1, -0.05) is 153 Å². The van der Waals surface area contributed by atoms with Crippen LogP contribution in [-0.4, -0.2) is 65.7 Å². The van der Waals surface area contributed by atoms with E-state index in [9.17, 15) is 30.6 Å². The molecule has 2 heterocycles. The molecule has 5 rings (SSSR count). The fraction of sp³-hybridized carbons (Fsp3) is 0.640. The largest absolute Gasteiger partial charge is 4.00 e. The van der Waals surface area contributed by atoms with Gasteiger partial charge in [0.1, 0.15) is 0 Å². The van der Waals surface area contributed by atoms with Gasteiger partial charge in [0.25, 0.3) is 0 Å².